The van der Waals surface area contributed by atoms with E-state index in [1.54, 1.807) is 0 Å². The third-order valence-corrected chi connectivity index (χ3v) is 2.60. The largest absolute Gasteiger partial charge is 0.354 e. The van der Waals surface area contributed by atoms with Gasteiger partial charge in [-0.3, -0.25) is 9.59 Å². The summed E-state index contributed by atoms with van der Waals surface area (Å²) in [5.41, 5.74) is 0.149. The second-order valence-corrected chi connectivity index (χ2v) is 4.90. The minimum atomic E-state index is -1.06. The van der Waals surface area contributed by atoms with Gasteiger partial charge < -0.3 is 10.2 Å². The van der Waals surface area contributed by atoms with Gasteiger partial charge in [-0.1, -0.05) is 13.8 Å². The van der Waals surface area contributed by atoms with Gasteiger partial charge in [0.25, 0.3) is 0 Å². The predicted octanol–water partition coefficient (Wildman–Crippen LogP) is 2.09. The fraction of sp³-hybridized carbons (Fsp3) is 0.429. The summed E-state index contributed by atoms with van der Waals surface area (Å²) in [5, 5.41) is 2.66. The molecule has 0 fully saturated rings. The lowest BCUT2D eigenvalue weighted by Gasteiger charge is -2.21. The Kier molecular flexibility index (Phi) is 5.61. The van der Waals surface area contributed by atoms with Crippen molar-refractivity contribution >= 4 is 17.5 Å². The molecule has 0 bridgehead atoms. The van der Waals surface area contributed by atoms with E-state index in [-0.39, 0.29) is 24.1 Å². The summed E-state index contributed by atoms with van der Waals surface area (Å²) in [5.74, 6) is -2.54. The molecule has 0 radical (unpaired) electrons. The summed E-state index contributed by atoms with van der Waals surface area (Å²) in [6.45, 7) is 5.41. The molecule has 6 heteroatoms. The molecule has 1 aromatic rings. The molecule has 0 spiro atoms. The number of nitrogens with zero attached hydrogens (tertiary/aromatic N) is 1. The van der Waals surface area contributed by atoms with Crippen LogP contribution >= 0.6 is 0 Å². The second kappa shape index (κ2) is 6.98. The summed E-state index contributed by atoms with van der Waals surface area (Å²) >= 11 is 0. The number of hydrogen-bond acceptors (Lipinski definition) is 2. The van der Waals surface area contributed by atoms with Gasteiger partial charge in [0.1, 0.15) is 6.54 Å². The Bertz CT molecular complexity index is 504. The summed E-state index contributed by atoms with van der Waals surface area (Å²) in [7, 11) is 0. The molecule has 20 heavy (non-hydrogen) atoms. The van der Waals surface area contributed by atoms with E-state index < -0.39 is 17.5 Å². The van der Waals surface area contributed by atoms with Crippen LogP contribution in [0.4, 0.5) is 14.5 Å². The van der Waals surface area contributed by atoms with Crippen LogP contribution in [0.3, 0.4) is 0 Å². The van der Waals surface area contributed by atoms with Gasteiger partial charge in [0.05, 0.1) is 0 Å². The van der Waals surface area contributed by atoms with E-state index in [1.807, 2.05) is 13.8 Å². The molecular formula is C14H18F2N2O2. The van der Waals surface area contributed by atoms with Gasteiger partial charge in [0, 0.05) is 25.2 Å². The molecule has 4 nitrogen and oxygen atoms in total. The average molecular weight is 284 g/mol. The molecule has 0 aliphatic carbocycles. The van der Waals surface area contributed by atoms with E-state index in [1.165, 1.54) is 13.0 Å². The molecule has 0 atom stereocenters. The number of nitrogens with one attached hydrogen (secondary N) is 1. The predicted molar refractivity (Wildman–Crippen MR) is 72.2 cm³/mol. The molecule has 0 saturated heterocycles. The van der Waals surface area contributed by atoms with Crippen LogP contribution in [0.2, 0.25) is 0 Å². The van der Waals surface area contributed by atoms with Crippen LogP contribution in [0.25, 0.3) is 0 Å². The smallest absolute Gasteiger partial charge is 0.240 e. The van der Waals surface area contributed by atoms with Crippen molar-refractivity contribution in [1.29, 1.82) is 0 Å². The van der Waals surface area contributed by atoms with Crippen LogP contribution in [0.5, 0.6) is 0 Å². The molecule has 2 amide bonds. The van der Waals surface area contributed by atoms with Gasteiger partial charge >= 0.3 is 0 Å². The number of amides is 2. The van der Waals surface area contributed by atoms with Crippen LogP contribution in [-0.4, -0.2) is 24.9 Å². The van der Waals surface area contributed by atoms with Crippen molar-refractivity contribution in [3.05, 3.63) is 29.8 Å². The zero-order valence-electron chi connectivity index (χ0n) is 11.7. The monoisotopic (exact) mass is 284 g/mol. The summed E-state index contributed by atoms with van der Waals surface area (Å²) in [6, 6.07) is 3.08. The highest BCUT2D eigenvalue weighted by molar-refractivity contribution is 5.97. The third kappa shape index (κ3) is 4.60. The first-order valence-electron chi connectivity index (χ1n) is 6.31. The van der Waals surface area contributed by atoms with E-state index in [9.17, 15) is 18.4 Å². The van der Waals surface area contributed by atoms with Crippen molar-refractivity contribution in [2.45, 2.75) is 20.8 Å². The molecule has 1 rings (SSSR count). The Morgan fingerprint density at radius 1 is 1.25 bits per heavy atom. The maximum atomic E-state index is 13.2. The lowest BCUT2D eigenvalue weighted by Crippen LogP contribution is -2.40. The number of benzene rings is 1. The normalized spacial score (nSPS) is 10.5. The molecule has 0 aliphatic rings. The zero-order chi connectivity index (χ0) is 15.3. The fourth-order valence-corrected chi connectivity index (χ4v) is 1.55. The van der Waals surface area contributed by atoms with Crippen molar-refractivity contribution < 1.29 is 18.4 Å². The Morgan fingerprint density at radius 2 is 1.90 bits per heavy atom. The number of carbonyl (C=O) groups is 2. The Labute approximate surface area is 116 Å². The summed E-state index contributed by atoms with van der Waals surface area (Å²) in [4.78, 5) is 24.4. The zero-order valence-corrected chi connectivity index (χ0v) is 11.7. The molecule has 0 heterocycles. The van der Waals surface area contributed by atoms with E-state index >= 15 is 0 Å². The maximum absolute atomic E-state index is 13.2. The first-order valence-corrected chi connectivity index (χ1v) is 6.31. The Balaban J connectivity index is 2.81. The Morgan fingerprint density at radius 3 is 2.40 bits per heavy atom. The average Bonchev–Trinajstić information content (AvgIpc) is 2.36. The molecule has 110 valence electrons. The minimum Gasteiger partial charge on any atom is -0.354 e. The van der Waals surface area contributed by atoms with Gasteiger partial charge in [-0.2, -0.15) is 0 Å². The lowest BCUT2D eigenvalue weighted by atomic mass is 10.2. The highest BCUT2D eigenvalue weighted by Gasteiger charge is 2.17. The molecule has 0 saturated carbocycles. The van der Waals surface area contributed by atoms with Crippen LogP contribution < -0.4 is 10.2 Å². The summed E-state index contributed by atoms with van der Waals surface area (Å²) < 4.78 is 26.1. The van der Waals surface area contributed by atoms with Gasteiger partial charge in [0.15, 0.2) is 11.6 Å². The molecule has 1 aromatic carbocycles. The van der Waals surface area contributed by atoms with Crippen molar-refractivity contribution in [1.82, 2.24) is 5.32 Å². The molecule has 0 aromatic heterocycles. The highest BCUT2D eigenvalue weighted by Crippen LogP contribution is 2.18. The Hall–Kier alpha value is -1.98. The quantitative estimate of drug-likeness (QED) is 0.900. The van der Waals surface area contributed by atoms with Crippen LogP contribution in [-0.2, 0) is 9.59 Å². The molecule has 0 unspecified atom stereocenters. The van der Waals surface area contributed by atoms with Gasteiger partial charge in [-0.15, -0.1) is 0 Å². The van der Waals surface area contributed by atoms with Crippen molar-refractivity contribution in [3.63, 3.8) is 0 Å². The number of rotatable bonds is 5. The molecule has 1 N–H and O–H groups in total. The molecule has 0 aliphatic heterocycles. The van der Waals surface area contributed by atoms with Crippen molar-refractivity contribution in [3.8, 4) is 0 Å². The van der Waals surface area contributed by atoms with Crippen LogP contribution in [0, 0.1) is 17.6 Å². The van der Waals surface area contributed by atoms with Gasteiger partial charge in [-0.05, 0) is 18.1 Å². The number of hydrogen-bond donors (Lipinski definition) is 1. The second-order valence-electron chi connectivity index (χ2n) is 4.90. The van der Waals surface area contributed by atoms with Gasteiger partial charge in [-0.25, -0.2) is 8.78 Å². The van der Waals surface area contributed by atoms with E-state index in [2.05, 4.69) is 5.32 Å². The third-order valence-electron chi connectivity index (χ3n) is 2.60. The first-order chi connectivity index (χ1) is 9.31. The van der Waals surface area contributed by atoms with Crippen molar-refractivity contribution in [2.24, 2.45) is 5.92 Å². The topological polar surface area (TPSA) is 49.4 Å². The number of carbonyl (C=O) groups excluding carboxylic acids is 2. The SMILES string of the molecule is CC(=O)N(CC(=O)NCC(C)C)c1ccc(F)c(F)c1. The minimum absolute atomic E-state index is 0.149. The van der Waals surface area contributed by atoms with Gasteiger partial charge in [0.2, 0.25) is 11.8 Å². The lowest BCUT2D eigenvalue weighted by molar-refractivity contribution is -0.123. The van der Waals surface area contributed by atoms with Crippen molar-refractivity contribution in [2.75, 3.05) is 18.0 Å². The van der Waals surface area contributed by atoms with Crippen LogP contribution in [0.1, 0.15) is 20.8 Å². The summed E-state index contributed by atoms with van der Waals surface area (Å²) in [6.07, 6.45) is 0. The van der Waals surface area contributed by atoms with E-state index in [0.29, 0.717) is 6.54 Å². The fourth-order valence-electron chi connectivity index (χ4n) is 1.55. The maximum Gasteiger partial charge on any atom is 0.240 e. The number of halogens is 2. The first kappa shape index (κ1) is 16.1. The van der Waals surface area contributed by atoms with Crippen LogP contribution in [0.15, 0.2) is 18.2 Å². The van der Waals surface area contributed by atoms with E-state index in [4.69, 9.17) is 0 Å². The van der Waals surface area contributed by atoms with E-state index in [0.717, 1.165) is 17.0 Å². The highest BCUT2D eigenvalue weighted by atomic mass is 19.2. The molecular weight excluding hydrogens is 266 g/mol. The number of anilines is 1. The standard InChI is InChI=1S/C14H18F2N2O2/c1-9(2)7-17-14(20)8-18(10(3)19)11-4-5-12(15)13(16)6-11/h4-6,9H,7-8H2,1-3H3,(H,17,20).